The Morgan fingerprint density at radius 1 is 0.739 bits per heavy atom. The lowest BCUT2D eigenvalue weighted by molar-refractivity contribution is -0.565. The third-order valence-corrected chi connectivity index (χ3v) is 9.01. The highest BCUT2D eigenvalue weighted by Crippen LogP contribution is 2.77. The van der Waals surface area contributed by atoms with Gasteiger partial charge in [-0.25, -0.2) is 0 Å². The molecule has 1 N–H and O–H groups in total. The molecule has 7 aliphatic rings. The Morgan fingerprint density at radius 3 is 2.43 bits per heavy atom. The average molecular weight is 318 g/mol. The molecular formula is C20H30O3. The zero-order valence-electron chi connectivity index (χ0n) is 14.2. The summed E-state index contributed by atoms with van der Waals surface area (Å²) < 4.78 is 13.8. The zero-order chi connectivity index (χ0) is 15.3. The summed E-state index contributed by atoms with van der Waals surface area (Å²) >= 11 is 0. The summed E-state index contributed by atoms with van der Waals surface area (Å²) in [4.78, 5) is 0. The molecule has 4 saturated carbocycles. The maximum atomic E-state index is 11.9. The molecule has 0 unspecified atom stereocenters. The van der Waals surface area contributed by atoms with Gasteiger partial charge in [-0.2, -0.15) is 0 Å². The van der Waals surface area contributed by atoms with E-state index in [1.807, 2.05) is 0 Å². The first-order chi connectivity index (χ1) is 11.1. The van der Waals surface area contributed by atoms with Crippen molar-refractivity contribution < 1.29 is 14.6 Å². The van der Waals surface area contributed by atoms with Gasteiger partial charge in [0, 0.05) is 18.3 Å². The molecule has 3 spiro atoms. The summed E-state index contributed by atoms with van der Waals surface area (Å²) in [5.74, 6) is 0.231. The van der Waals surface area contributed by atoms with Crippen molar-refractivity contribution in [2.45, 2.75) is 101 Å². The number of hydrogen-bond acceptors (Lipinski definition) is 3. The number of rotatable bonds is 0. The standard InChI is InChI=1S/C20H30O3/c21-20-15-8-5-9-17(20)13-16-7-2-4-11-19(16,23-20)22-18(17)10-3-1-6-14(18)12-15/h14-16,21H,1-13H2/t14-,15-,16-,17-,18-,19+,20+/m0/s1. The molecule has 3 aliphatic heterocycles. The van der Waals surface area contributed by atoms with Crippen LogP contribution in [0.5, 0.6) is 0 Å². The highest BCUT2D eigenvalue weighted by Gasteiger charge is 2.82. The van der Waals surface area contributed by atoms with Crippen LogP contribution in [0.4, 0.5) is 0 Å². The third kappa shape index (κ3) is 1.36. The van der Waals surface area contributed by atoms with Crippen LogP contribution in [0.15, 0.2) is 0 Å². The van der Waals surface area contributed by atoms with Crippen LogP contribution in [0.1, 0.15) is 83.5 Å². The molecule has 3 nitrogen and oxygen atoms in total. The molecule has 7 rings (SSSR count). The molecule has 7 atom stereocenters. The van der Waals surface area contributed by atoms with Gasteiger partial charge in [0.2, 0.25) is 0 Å². The van der Waals surface area contributed by atoms with E-state index < -0.39 is 11.6 Å². The van der Waals surface area contributed by atoms with E-state index in [2.05, 4.69) is 0 Å². The van der Waals surface area contributed by atoms with Gasteiger partial charge in [0.1, 0.15) is 0 Å². The van der Waals surface area contributed by atoms with E-state index >= 15 is 0 Å². The fourth-order valence-electron chi connectivity index (χ4n) is 8.27. The lowest BCUT2D eigenvalue weighted by Crippen LogP contribution is -2.85. The van der Waals surface area contributed by atoms with Gasteiger partial charge in [-0.05, 0) is 57.3 Å². The van der Waals surface area contributed by atoms with E-state index in [4.69, 9.17) is 9.47 Å². The van der Waals surface area contributed by atoms with Gasteiger partial charge < -0.3 is 14.6 Å². The molecule has 5 bridgehead atoms. The molecule has 3 saturated heterocycles. The molecule has 7 fully saturated rings. The quantitative estimate of drug-likeness (QED) is 0.730. The molecular weight excluding hydrogens is 288 g/mol. The SMILES string of the molecule is O[C@]12O[C@]34CCCC[C@H]3C[C@]13CCC[C@H]2C[C@@H]1CCCC[C@]13O4. The maximum absolute atomic E-state index is 11.9. The van der Waals surface area contributed by atoms with Crippen molar-refractivity contribution in [2.75, 3.05) is 0 Å². The van der Waals surface area contributed by atoms with Crippen molar-refractivity contribution in [3.05, 3.63) is 0 Å². The van der Waals surface area contributed by atoms with Crippen LogP contribution < -0.4 is 0 Å². The van der Waals surface area contributed by atoms with Crippen LogP contribution >= 0.6 is 0 Å². The van der Waals surface area contributed by atoms with Crippen molar-refractivity contribution in [3.8, 4) is 0 Å². The van der Waals surface area contributed by atoms with Crippen LogP contribution in [0.25, 0.3) is 0 Å². The molecule has 3 heteroatoms. The maximum Gasteiger partial charge on any atom is 0.180 e. The van der Waals surface area contributed by atoms with Gasteiger partial charge in [0.25, 0.3) is 0 Å². The van der Waals surface area contributed by atoms with Gasteiger partial charge >= 0.3 is 0 Å². The Hall–Kier alpha value is -0.120. The minimum absolute atomic E-state index is 0.0665. The summed E-state index contributed by atoms with van der Waals surface area (Å²) in [5.41, 5.74) is -0.168. The van der Waals surface area contributed by atoms with Crippen molar-refractivity contribution >= 4 is 0 Å². The first-order valence-electron chi connectivity index (χ1n) is 10.3. The van der Waals surface area contributed by atoms with Crippen molar-refractivity contribution in [3.63, 3.8) is 0 Å². The molecule has 0 aromatic carbocycles. The lowest BCUT2D eigenvalue weighted by atomic mass is 9.40. The summed E-state index contributed by atoms with van der Waals surface area (Å²) in [7, 11) is 0. The highest BCUT2D eigenvalue weighted by atomic mass is 16.8. The van der Waals surface area contributed by atoms with Gasteiger partial charge in [-0.1, -0.05) is 25.7 Å². The second-order valence-electron chi connectivity index (χ2n) is 9.60. The predicted octanol–water partition coefficient (Wildman–Crippen LogP) is 4.13. The van der Waals surface area contributed by atoms with E-state index in [0.29, 0.717) is 17.8 Å². The fraction of sp³-hybridized carbons (Fsp3) is 1.00. The van der Waals surface area contributed by atoms with Crippen LogP contribution in [0.2, 0.25) is 0 Å². The molecule has 3 heterocycles. The van der Waals surface area contributed by atoms with Gasteiger partial charge in [0.15, 0.2) is 11.6 Å². The Kier molecular flexibility index (Phi) is 2.55. The normalized spacial score (nSPS) is 63.3. The molecule has 128 valence electrons. The Morgan fingerprint density at radius 2 is 1.52 bits per heavy atom. The van der Waals surface area contributed by atoms with E-state index in [1.54, 1.807) is 0 Å². The van der Waals surface area contributed by atoms with Crippen molar-refractivity contribution in [1.82, 2.24) is 0 Å². The second kappa shape index (κ2) is 4.16. The van der Waals surface area contributed by atoms with Crippen LogP contribution in [0.3, 0.4) is 0 Å². The van der Waals surface area contributed by atoms with E-state index in [-0.39, 0.29) is 11.0 Å². The molecule has 23 heavy (non-hydrogen) atoms. The molecule has 4 aliphatic carbocycles. The fourth-order valence-corrected chi connectivity index (χ4v) is 8.27. The monoisotopic (exact) mass is 318 g/mol. The van der Waals surface area contributed by atoms with E-state index in [1.165, 1.54) is 57.8 Å². The summed E-state index contributed by atoms with van der Waals surface area (Å²) in [6.07, 6.45) is 15.7. The van der Waals surface area contributed by atoms with Gasteiger partial charge in [0.05, 0.1) is 11.0 Å². The molecule has 0 aromatic heterocycles. The van der Waals surface area contributed by atoms with Gasteiger partial charge in [-0.15, -0.1) is 0 Å². The summed E-state index contributed by atoms with van der Waals surface area (Å²) in [6, 6.07) is 0. The van der Waals surface area contributed by atoms with Crippen molar-refractivity contribution in [2.24, 2.45) is 23.2 Å². The Balaban J connectivity index is 1.58. The number of hydrogen-bond donors (Lipinski definition) is 1. The smallest absolute Gasteiger partial charge is 0.180 e. The van der Waals surface area contributed by atoms with Crippen LogP contribution in [0, 0.1) is 23.2 Å². The summed E-state index contributed by atoms with van der Waals surface area (Å²) in [5, 5.41) is 11.9. The third-order valence-electron chi connectivity index (χ3n) is 9.01. The Bertz CT molecular complexity index is 549. The number of ether oxygens (including phenoxy) is 2. The molecule has 0 aromatic rings. The Labute approximate surface area is 139 Å². The average Bonchev–Trinajstić information content (AvgIpc) is 2.52. The highest BCUT2D eigenvalue weighted by molar-refractivity contribution is 5.25. The van der Waals surface area contributed by atoms with E-state index in [9.17, 15) is 5.11 Å². The second-order valence-corrected chi connectivity index (χ2v) is 9.60. The van der Waals surface area contributed by atoms with E-state index in [0.717, 1.165) is 25.7 Å². The van der Waals surface area contributed by atoms with Crippen LogP contribution in [-0.2, 0) is 9.47 Å². The molecule has 0 radical (unpaired) electrons. The minimum atomic E-state index is -0.884. The van der Waals surface area contributed by atoms with Crippen molar-refractivity contribution in [1.29, 1.82) is 0 Å². The van der Waals surface area contributed by atoms with Crippen LogP contribution in [-0.4, -0.2) is 22.3 Å². The lowest BCUT2D eigenvalue weighted by Gasteiger charge is -2.79. The molecule has 0 amide bonds. The van der Waals surface area contributed by atoms with Gasteiger partial charge in [-0.3, -0.25) is 0 Å². The first kappa shape index (κ1) is 14.1. The zero-order valence-corrected chi connectivity index (χ0v) is 14.2. The largest absolute Gasteiger partial charge is 0.365 e. The topological polar surface area (TPSA) is 38.7 Å². The predicted molar refractivity (Wildman–Crippen MR) is 85.5 cm³/mol. The number of aliphatic hydroxyl groups is 1. The summed E-state index contributed by atoms with van der Waals surface area (Å²) in [6.45, 7) is 0. The first-order valence-corrected chi connectivity index (χ1v) is 10.3. The minimum Gasteiger partial charge on any atom is -0.365 e.